The molecule has 17 heavy (non-hydrogen) atoms. The van der Waals surface area contributed by atoms with E-state index in [2.05, 4.69) is 21.2 Å². The van der Waals surface area contributed by atoms with E-state index in [4.69, 9.17) is 4.74 Å². The highest BCUT2D eigenvalue weighted by Crippen LogP contribution is 2.28. The quantitative estimate of drug-likeness (QED) is 0.898. The summed E-state index contributed by atoms with van der Waals surface area (Å²) in [7, 11) is 1.77. The zero-order valence-corrected chi connectivity index (χ0v) is 11.5. The molecule has 0 aromatic heterocycles. The maximum Gasteiger partial charge on any atom is 0.134 e. The Balaban J connectivity index is 1.88. The summed E-state index contributed by atoms with van der Waals surface area (Å²) in [5.41, 5.74) is 0.931. The third kappa shape index (κ3) is 3.21. The predicted octanol–water partition coefficient (Wildman–Crippen LogP) is 2.81. The van der Waals surface area contributed by atoms with Crippen molar-refractivity contribution in [2.24, 2.45) is 0 Å². The average molecular weight is 300 g/mol. The molecule has 0 heterocycles. The fourth-order valence-corrected chi connectivity index (χ4v) is 2.70. The molecule has 1 saturated carbocycles. The van der Waals surface area contributed by atoms with Gasteiger partial charge in [-0.25, -0.2) is 0 Å². The number of phenolic OH excluding ortho intramolecular Hbond substituents is 1. The summed E-state index contributed by atoms with van der Waals surface area (Å²) in [4.78, 5) is 0. The Hall–Kier alpha value is -0.580. The lowest BCUT2D eigenvalue weighted by Gasteiger charge is -2.14. The van der Waals surface area contributed by atoms with Crippen LogP contribution >= 0.6 is 15.9 Å². The summed E-state index contributed by atoms with van der Waals surface area (Å²) in [6.45, 7) is 0.701. The molecule has 2 atom stereocenters. The molecule has 1 fully saturated rings. The van der Waals surface area contributed by atoms with Gasteiger partial charge in [0.15, 0.2) is 0 Å². The van der Waals surface area contributed by atoms with Gasteiger partial charge in [-0.2, -0.15) is 0 Å². The second-order valence-corrected chi connectivity index (χ2v) is 5.35. The van der Waals surface area contributed by atoms with E-state index in [1.807, 2.05) is 18.2 Å². The Labute approximate surface area is 110 Å². The summed E-state index contributed by atoms with van der Waals surface area (Å²) in [5.74, 6) is 0.335. The maximum absolute atomic E-state index is 9.86. The standard InChI is InChI=1S/C13H18BrNO2/c1-17-11-6-5-10(7-11)15-8-9-3-2-4-12(14)13(9)16/h2-4,10-11,15-16H,5-8H2,1H3. The van der Waals surface area contributed by atoms with Gasteiger partial charge in [0.05, 0.1) is 10.6 Å². The van der Waals surface area contributed by atoms with Crippen LogP contribution in [-0.2, 0) is 11.3 Å². The second-order valence-electron chi connectivity index (χ2n) is 4.50. The first-order valence-corrected chi connectivity index (χ1v) is 6.72. The minimum absolute atomic E-state index is 0.335. The molecule has 0 spiro atoms. The molecule has 0 radical (unpaired) electrons. The van der Waals surface area contributed by atoms with Crippen molar-refractivity contribution in [3.63, 3.8) is 0 Å². The first-order valence-electron chi connectivity index (χ1n) is 5.93. The van der Waals surface area contributed by atoms with Crippen LogP contribution in [0.1, 0.15) is 24.8 Å². The number of methoxy groups -OCH3 is 1. The Morgan fingerprint density at radius 2 is 2.29 bits per heavy atom. The van der Waals surface area contributed by atoms with Crippen LogP contribution in [0.4, 0.5) is 0 Å². The van der Waals surface area contributed by atoms with Gasteiger partial charge in [-0.05, 0) is 41.3 Å². The van der Waals surface area contributed by atoms with Crippen molar-refractivity contribution in [1.82, 2.24) is 5.32 Å². The maximum atomic E-state index is 9.86. The molecule has 2 unspecified atom stereocenters. The topological polar surface area (TPSA) is 41.5 Å². The lowest BCUT2D eigenvalue weighted by Crippen LogP contribution is -2.26. The lowest BCUT2D eigenvalue weighted by molar-refractivity contribution is 0.107. The number of halogens is 1. The normalized spacial score (nSPS) is 24.1. The van der Waals surface area contributed by atoms with Gasteiger partial charge in [0, 0.05) is 25.3 Å². The Bertz CT molecular complexity index is 384. The summed E-state index contributed by atoms with van der Waals surface area (Å²) in [6, 6.07) is 6.22. The van der Waals surface area contributed by atoms with Crippen molar-refractivity contribution in [3.8, 4) is 5.75 Å². The van der Waals surface area contributed by atoms with E-state index >= 15 is 0 Å². The van der Waals surface area contributed by atoms with Crippen molar-refractivity contribution in [2.75, 3.05) is 7.11 Å². The molecular formula is C13H18BrNO2. The Morgan fingerprint density at radius 3 is 3.00 bits per heavy atom. The number of para-hydroxylation sites is 1. The fraction of sp³-hybridized carbons (Fsp3) is 0.538. The molecule has 94 valence electrons. The minimum Gasteiger partial charge on any atom is -0.506 e. The lowest BCUT2D eigenvalue weighted by atomic mass is 10.1. The highest BCUT2D eigenvalue weighted by Gasteiger charge is 2.23. The van der Waals surface area contributed by atoms with E-state index in [0.29, 0.717) is 24.4 Å². The summed E-state index contributed by atoms with van der Waals surface area (Å²) >= 11 is 3.32. The first-order chi connectivity index (χ1) is 8.20. The molecular weight excluding hydrogens is 282 g/mol. The van der Waals surface area contributed by atoms with Crippen LogP contribution in [0.5, 0.6) is 5.75 Å². The largest absolute Gasteiger partial charge is 0.506 e. The summed E-state index contributed by atoms with van der Waals surface area (Å²) in [5, 5.41) is 13.3. The number of nitrogens with one attached hydrogen (secondary N) is 1. The average Bonchev–Trinajstić information content (AvgIpc) is 2.79. The number of aromatic hydroxyl groups is 1. The van der Waals surface area contributed by atoms with Gasteiger partial charge in [-0.1, -0.05) is 12.1 Å². The van der Waals surface area contributed by atoms with Crippen LogP contribution in [0.25, 0.3) is 0 Å². The highest BCUT2D eigenvalue weighted by molar-refractivity contribution is 9.10. The third-order valence-corrected chi connectivity index (χ3v) is 4.01. The van der Waals surface area contributed by atoms with Crippen molar-refractivity contribution in [3.05, 3.63) is 28.2 Å². The van der Waals surface area contributed by atoms with E-state index in [1.165, 1.54) is 0 Å². The van der Waals surface area contributed by atoms with Gasteiger partial charge in [0.2, 0.25) is 0 Å². The SMILES string of the molecule is COC1CCC(NCc2cccc(Br)c2O)C1. The molecule has 2 rings (SSSR count). The molecule has 2 N–H and O–H groups in total. The monoisotopic (exact) mass is 299 g/mol. The van der Waals surface area contributed by atoms with Gasteiger partial charge < -0.3 is 15.2 Å². The molecule has 1 aromatic rings. The van der Waals surface area contributed by atoms with E-state index in [1.54, 1.807) is 7.11 Å². The van der Waals surface area contributed by atoms with Crippen LogP contribution in [0, 0.1) is 0 Å². The third-order valence-electron chi connectivity index (χ3n) is 3.37. The zero-order valence-electron chi connectivity index (χ0n) is 9.95. The molecule has 0 saturated heterocycles. The van der Waals surface area contributed by atoms with Crippen molar-refractivity contribution in [2.45, 2.75) is 38.0 Å². The van der Waals surface area contributed by atoms with Crippen molar-refractivity contribution >= 4 is 15.9 Å². The van der Waals surface area contributed by atoms with Gasteiger partial charge in [-0.15, -0.1) is 0 Å². The van der Waals surface area contributed by atoms with Crippen LogP contribution in [0.15, 0.2) is 22.7 Å². The second kappa shape index (κ2) is 5.85. The molecule has 0 amide bonds. The van der Waals surface area contributed by atoms with Gasteiger partial charge in [0.25, 0.3) is 0 Å². The van der Waals surface area contributed by atoms with Crippen molar-refractivity contribution < 1.29 is 9.84 Å². The van der Waals surface area contributed by atoms with Gasteiger partial charge in [-0.3, -0.25) is 0 Å². The summed E-state index contributed by atoms with van der Waals surface area (Å²) in [6.07, 6.45) is 3.72. The zero-order chi connectivity index (χ0) is 12.3. The Kier molecular flexibility index (Phi) is 4.42. The number of ether oxygens (including phenoxy) is 1. The molecule has 4 heteroatoms. The van der Waals surface area contributed by atoms with E-state index < -0.39 is 0 Å². The van der Waals surface area contributed by atoms with Crippen LogP contribution in [0.2, 0.25) is 0 Å². The van der Waals surface area contributed by atoms with Gasteiger partial charge in [0.1, 0.15) is 5.75 Å². The first kappa shape index (κ1) is 12.9. The van der Waals surface area contributed by atoms with E-state index in [0.717, 1.165) is 29.3 Å². The smallest absolute Gasteiger partial charge is 0.134 e. The number of phenols is 1. The molecule has 0 bridgehead atoms. The molecule has 1 aliphatic rings. The number of hydrogen-bond donors (Lipinski definition) is 2. The number of rotatable bonds is 4. The van der Waals surface area contributed by atoms with E-state index in [-0.39, 0.29) is 0 Å². The minimum atomic E-state index is 0.335. The molecule has 1 aliphatic carbocycles. The van der Waals surface area contributed by atoms with E-state index in [9.17, 15) is 5.11 Å². The fourth-order valence-electron chi connectivity index (χ4n) is 2.30. The van der Waals surface area contributed by atoms with Gasteiger partial charge >= 0.3 is 0 Å². The molecule has 1 aromatic carbocycles. The number of hydrogen-bond acceptors (Lipinski definition) is 3. The van der Waals surface area contributed by atoms with Crippen LogP contribution < -0.4 is 5.32 Å². The molecule has 0 aliphatic heterocycles. The molecule has 3 nitrogen and oxygen atoms in total. The number of benzene rings is 1. The summed E-state index contributed by atoms with van der Waals surface area (Å²) < 4.78 is 6.09. The van der Waals surface area contributed by atoms with Crippen molar-refractivity contribution in [1.29, 1.82) is 0 Å². The predicted molar refractivity (Wildman–Crippen MR) is 71.1 cm³/mol. The Morgan fingerprint density at radius 1 is 1.47 bits per heavy atom. The van der Waals surface area contributed by atoms with Crippen LogP contribution in [-0.4, -0.2) is 24.4 Å². The highest BCUT2D eigenvalue weighted by atomic mass is 79.9. The van der Waals surface area contributed by atoms with Crippen LogP contribution in [0.3, 0.4) is 0 Å².